The zero-order valence-corrected chi connectivity index (χ0v) is 9.70. The van der Waals surface area contributed by atoms with Crippen molar-refractivity contribution in [3.8, 4) is 0 Å². The topological polar surface area (TPSA) is 173 Å². The third-order valence-corrected chi connectivity index (χ3v) is 2.04. The Morgan fingerprint density at radius 3 is 1.68 bits per heavy atom. The van der Waals surface area contributed by atoms with Gasteiger partial charge in [0.25, 0.3) is 0 Å². The minimum Gasteiger partial charge on any atom is -0.481 e. The molecule has 0 spiro atoms. The van der Waals surface area contributed by atoms with Crippen LogP contribution >= 0.6 is 0 Å². The van der Waals surface area contributed by atoms with Crippen molar-refractivity contribution in [3.05, 3.63) is 0 Å². The number of aliphatic carboxylic acids is 4. The molecule has 108 valence electrons. The fourth-order valence-electron chi connectivity index (χ4n) is 1.14. The monoisotopic (exact) mass is 278 g/mol. The van der Waals surface area contributed by atoms with Crippen LogP contribution in [0.3, 0.4) is 0 Å². The highest BCUT2D eigenvalue weighted by atomic mass is 16.4. The lowest BCUT2D eigenvalue weighted by atomic mass is 10.2. The van der Waals surface area contributed by atoms with Crippen molar-refractivity contribution in [2.24, 2.45) is 0 Å². The Hall–Kier alpha value is -2.20. The quantitative estimate of drug-likeness (QED) is 0.253. The molecule has 0 aliphatic carbocycles. The van der Waals surface area contributed by atoms with Gasteiger partial charge in [-0.1, -0.05) is 0 Å². The van der Waals surface area contributed by atoms with Crippen LogP contribution in [0.2, 0.25) is 0 Å². The van der Waals surface area contributed by atoms with E-state index in [-0.39, 0.29) is 0 Å². The van der Waals surface area contributed by atoms with E-state index in [2.05, 4.69) is 10.6 Å². The molecule has 0 aromatic carbocycles. The van der Waals surface area contributed by atoms with E-state index >= 15 is 0 Å². The van der Waals surface area contributed by atoms with Gasteiger partial charge in [-0.25, -0.2) is 0 Å². The first kappa shape index (κ1) is 16.8. The Balaban J connectivity index is 4.41. The molecule has 0 aliphatic rings. The summed E-state index contributed by atoms with van der Waals surface area (Å²) >= 11 is 0. The molecule has 0 aromatic heterocycles. The van der Waals surface area contributed by atoms with Crippen molar-refractivity contribution in [1.29, 1.82) is 0 Å². The molecule has 10 nitrogen and oxygen atoms in total. The number of hydrogen-bond donors (Lipinski definition) is 6. The Kier molecular flexibility index (Phi) is 7.07. The number of nitrogens with one attached hydrogen (secondary N) is 2. The van der Waals surface area contributed by atoms with E-state index in [0.717, 1.165) is 0 Å². The van der Waals surface area contributed by atoms with Gasteiger partial charge in [0.05, 0.1) is 13.0 Å². The van der Waals surface area contributed by atoms with E-state index < -0.39 is 55.5 Å². The van der Waals surface area contributed by atoms with Gasteiger partial charge in [0, 0.05) is 6.54 Å². The first-order valence-corrected chi connectivity index (χ1v) is 5.10. The molecule has 0 saturated heterocycles. The lowest BCUT2D eigenvalue weighted by molar-refractivity contribution is -0.146. The lowest BCUT2D eigenvalue weighted by Crippen LogP contribution is -2.50. The Labute approximate surface area is 107 Å². The predicted molar refractivity (Wildman–Crippen MR) is 58.7 cm³/mol. The summed E-state index contributed by atoms with van der Waals surface area (Å²) in [6.45, 7) is -1.04. The standard InChI is InChI=1S/C9H14N2O8/c12-6(13)1-4(8(16)17)10-2-5(9(18)19)11-3-7(14)15/h4-5,10-11H,1-3H2,(H,12,13)(H,14,15)(H,16,17)(H,18,19)/t4-,5-/m0/s1. The predicted octanol–water partition coefficient (Wildman–Crippen LogP) is -2.37. The van der Waals surface area contributed by atoms with Crippen LogP contribution in [0, 0.1) is 0 Å². The molecule has 0 unspecified atom stereocenters. The van der Waals surface area contributed by atoms with Gasteiger partial charge >= 0.3 is 23.9 Å². The molecule has 6 N–H and O–H groups in total. The van der Waals surface area contributed by atoms with E-state index in [1.807, 2.05) is 0 Å². The van der Waals surface area contributed by atoms with Crippen LogP contribution in [0.25, 0.3) is 0 Å². The van der Waals surface area contributed by atoms with Gasteiger partial charge in [0.1, 0.15) is 12.1 Å². The number of carboxylic acid groups (broad SMARTS) is 4. The van der Waals surface area contributed by atoms with Crippen molar-refractivity contribution in [1.82, 2.24) is 10.6 Å². The molecule has 0 amide bonds. The van der Waals surface area contributed by atoms with E-state index in [1.54, 1.807) is 0 Å². The normalized spacial score (nSPS) is 13.5. The molecule has 0 aromatic rings. The summed E-state index contributed by atoms with van der Waals surface area (Å²) in [6, 6.07) is -2.79. The summed E-state index contributed by atoms with van der Waals surface area (Å²) in [5, 5.41) is 38.7. The van der Waals surface area contributed by atoms with Gasteiger partial charge in [0.2, 0.25) is 0 Å². The summed E-state index contributed by atoms with van der Waals surface area (Å²) in [7, 11) is 0. The Morgan fingerprint density at radius 2 is 1.32 bits per heavy atom. The fourth-order valence-corrected chi connectivity index (χ4v) is 1.14. The smallest absolute Gasteiger partial charge is 0.322 e. The van der Waals surface area contributed by atoms with Crippen molar-refractivity contribution in [2.45, 2.75) is 18.5 Å². The van der Waals surface area contributed by atoms with Gasteiger partial charge in [-0.05, 0) is 0 Å². The molecule has 19 heavy (non-hydrogen) atoms. The Morgan fingerprint density at radius 1 is 0.789 bits per heavy atom. The molecule has 0 radical (unpaired) electrons. The highest BCUT2D eigenvalue weighted by Gasteiger charge is 2.24. The summed E-state index contributed by atoms with van der Waals surface area (Å²) in [5.74, 6) is -5.45. The van der Waals surface area contributed by atoms with Crippen LogP contribution in [0.15, 0.2) is 0 Å². The first-order chi connectivity index (χ1) is 8.73. The summed E-state index contributed by atoms with van der Waals surface area (Å²) in [6.07, 6.45) is -0.722. The summed E-state index contributed by atoms with van der Waals surface area (Å²) in [4.78, 5) is 42.1. The molecule has 0 saturated carbocycles. The van der Waals surface area contributed by atoms with E-state index in [9.17, 15) is 19.2 Å². The van der Waals surface area contributed by atoms with Crippen molar-refractivity contribution >= 4 is 23.9 Å². The van der Waals surface area contributed by atoms with Crippen molar-refractivity contribution in [2.75, 3.05) is 13.1 Å². The van der Waals surface area contributed by atoms with Crippen LogP contribution < -0.4 is 10.6 Å². The van der Waals surface area contributed by atoms with Crippen molar-refractivity contribution < 1.29 is 39.6 Å². The molecule has 0 heterocycles. The maximum atomic E-state index is 10.8. The van der Waals surface area contributed by atoms with Gasteiger partial charge in [-0.2, -0.15) is 0 Å². The minimum absolute atomic E-state index is 0.424. The second kappa shape index (κ2) is 8.00. The van der Waals surface area contributed by atoms with Crippen LogP contribution in [-0.4, -0.2) is 69.5 Å². The van der Waals surface area contributed by atoms with Crippen LogP contribution in [0.5, 0.6) is 0 Å². The molecule has 0 bridgehead atoms. The third-order valence-electron chi connectivity index (χ3n) is 2.04. The number of carbonyl (C=O) groups is 4. The number of carboxylic acids is 4. The molecule has 2 atom stereocenters. The second-order valence-electron chi connectivity index (χ2n) is 3.56. The van der Waals surface area contributed by atoms with E-state index in [4.69, 9.17) is 20.4 Å². The van der Waals surface area contributed by atoms with Crippen LogP contribution in [-0.2, 0) is 19.2 Å². The largest absolute Gasteiger partial charge is 0.481 e. The van der Waals surface area contributed by atoms with Crippen LogP contribution in [0.4, 0.5) is 0 Å². The average Bonchev–Trinajstić information content (AvgIpc) is 2.25. The molecule has 10 heteroatoms. The minimum atomic E-state index is -1.45. The van der Waals surface area contributed by atoms with E-state index in [0.29, 0.717) is 0 Å². The van der Waals surface area contributed by atoms with Gasteiger partial charge in [-0.15, -0.1) is 0 Å². The summed E-state index contributed by atoms with van der Waals surface area (Å²) in [5.41, 5.74) is 0. The van der Waals surface area contributed by atoms with Gasteiger partial charge < -0.3 is 25.7 Å². The lowest BCUT2D eigenvalue weighted by Gasteiger charge is -2.17. The number of rotatable bonds is 10. The third kappa shape index (κ3) is 7.68. The SMILES string of the molecule is O=C(O)CN[C@@H](CN[C@@H](CC(=O)O)C(=O)O)C(=O)O. The molecule has 0 rings (SSSR count). The van der Waals surface area contributed by atoms with Gasteiger partial charge in [0.15, 0.2) is 0 Å². The average molecular weight is 278 g/mol. The summed E-state index contributed by atoms with van der Waals surface area (Å²) < 4.78 is 0. The Bertz CT molecular complexity index is 369. The molecular weight excluding hydrogens is 264 g/mol. The number of hydrogen-bond acceptors (Lipinski definition) is 6. The highest BCUT2D eigenvalue weighted by molar-refractivity contribution is 5.81. The molecule has 0 fully saturated rings. The zero-order valence-electron chi connectivity index (χ0n) is 9.70. The van der Waals surface area contributed by atoms with Crippen molar-refractivity contribution in [3.63, 3.8) is 0 Å². The van der Waals surface area contributed by atoms with Gasteiger partial charge in [-0.3, -0.25) is 24.5 Å². The van der Waals surface area contributed by atoms with E-state index in [1.165, 1.54) is 0 Å². The maximum Gasteiger partial charge on any atom is 0.322 e. The molecular formula is C9H14N2O8. The second-order valence-corrected chi connectivity index (χ2v) is 3.56. The molecule has 0 aliphatic heterocycles. The maximum absolute atomic E-state index is 10.8. The zero-order chi connectivity index (χ0) is 15.0. The fraction of sp³-hybridized carbons (Fsp3) is 0.556. The van der Waals surface area contributed by atoms with Crippen LogP contribution in [0.1, 0.15) is 6.42 Å². The highest BCUT2D eigenvalue weighted by Crippen LogP contribution is 1.94. The first-order valence-electron chi connectivity index (χ1n) is 5.10.